The Morgan fingerprint density at radius 3 is 1.56 bits per heavy atom. The quantitative estimate of drug-likeness (QED) is 0.287. The number of carboxylic acid groups (broad SMARTS) is 3. The first-order chi connectivity index (χ1) is 5.78. The van der Waals surface area contributed by atoms with E-state index in [1.165, 1.54) is 0 Å². The van der Waals surface area contributed by atoms with Gasteiger partial charge in [-0.25, -0.2) is 4.79 Å². The molecule has 0 aromatic carbocycles. The monoisotopic (exact) mass is 438 g/mol. The van der Waals surface area contributed by atoms with Crippen molar-refractivity contribution in [1.82, 2.24) is 0 Å². The first-order valence-corrected chi connectivity index (χ1v) is 3.15. The fraction of sp³-hybridized carbons (Fsp3) is 0.500. The Hall–Kier alpha value is 3.03. The zero-order valence-electron chi connectivity index (χ0n) is 10.1. The molecule has 90 valence electrons. The summed E-state index contributed by atoms with van der Waals surface area (Å²) in [5, 5.41) is 35.5. The van der Waals surface area contributed by atoms with E-state index in [1.54, 1.807) is 0 Å². The largest absolute Gasteiger partial charge is 1.00 e. The molecule has 1 unspecified atom stereocenters. The fourth-order valence-electron chi connectivity index (χ4n) is 0.703. The molecule has 0 bridgehead atoms. The number of aliphatic carboxylic acids is 3. The predicted octanol–water partition coefficient (Wildman–Crippen LogP) is -17.6. The van der Waals surface area contributed by atoms with Crippen LogP contribution < -0.4 is 152 Å². The van der Waals surface area contributed by atoms with Crippen LogP contribution in [0.25, 0.3) is 0 Å². The molecule has 0 aliphatic heterocycles. The molecule has 0 aromatic heterocycles. The van der Waals surface area contributed by atoms with Gasteiger partial charge in [-0.05, 0) is 0 Å². The second-order valence-corrected chi connectivity index (χ2v) is 2.46. The molecule has 0 saturated heterocycles. The van der Waals surface area contributed by atoms with Gasteiger partial charge in [0.25, 0.3) is 0 Å². The number of carbonyl (C=O) groups excluding carboxylic acids is 1. The van der Waals surface area contributed by atoms with Crippen LogP contribution in [-0.2, 0) is 14.4 Å². The summed E-state index contributed by atoms with van der Waals surface area (Å²) in [5.41, 5.74) is -2.80. The van der Waals surface area contributed by atoms with Crippen molar-refractivity contribution in [3.8, 4) is 0 Å². The van der Waals surface area contributed by atoms with Crippen molar-refractivity contribution < 1.29 is 182 Å². The van der Waals surface area contributed by atoms with Crippen molar-refractivity contribution in [2.45, 2.75) is 18.4 Å². The molecule has 0 radical (unpaired) electrons. The Labute approximate surface area is 213 Å². The van der Waals surface area contributed by atoms with Crippen LogP contribution in [0.3, 0.4) is 0 Å². The van der Waals surface area contributed by atoms with Crippen LogP contribution in [0.2, 0.25) is 0 Å². The summed E-state index contributed by atoms with van der Waals surface area (Å²) in [6.07, 6.45) is -2.44. The van der Waals surface area contributed by atoms with Gasteiger partial charge >= 0.3 is 122 Å². The maximum atomic E-state index is 10.3. The van der Waals surface area contributed by atoms with Crippen LogP contribution in [0.15, 0.2) is 0 Å². The topological polar surface area (TPSA) is 135 Å². The van der Waals surface area contributed by atoms with Gasteiger partial charge in [-0.1, -0.05) is 0 Å². The van der Waals surface area contributed by atoms with Crippen LogP contribution in [0.4, 0.5) is 0 Å². The minimum Gasteiger partial charge on any atom is -1.00 e. The van der Waals surface area contributed by atoms with E-state index in [9.17, 15) is 19.5 Å². The van der Waals surface area contributed by atoms with Crippen molar-refractivity contribution in [3.05, 3.63) is 0 Å². The third-order valence-electron chi connectivity index (χ3n) is 1.28. The maximum absolute atomic E-state index is 10.3. The van der Waals surface area contributed by atoms with Gasteiger partial charge in [-0.15, -0.1) is 0 Å². The van der Waals surface area contributed by atoms with E-state index in [2.05, 4.69) is 0 Å². The summed E-state index contributed by atoms with van der Waals surface area (Å²) in [6, 6.07) is 0. The molecule has 7 nitrogen and oxygen atoms in total. The van der Waals surface area contributed by atoms with Crippen LogP contribution in [0.5, 0.6) is 0 Å². The smallest absolute Gasteiger partial charge is 1.00 e. The van der Waals surface area contributed by atoms with Gasteiger partial charge in [0.05, 0.1) is 6.42 Å². The summed E-state index contributed by atoms with van der Waals surface area (Å²) in [7, 11) is 0. The molecular formula is C6H7ClIKNa2O7. The van der Waals surface area contributed by atoms with Gasteiger partial charge in [0.2, 0.25) is 0 Å². The van der Waals surface area contributed by atoms with Gasteiger partial charge in [-0.3, -0.25) is 4.79 Å². The Balaban J connectivity index is -0.0000000720. The Morgan fingerprint density at radius 2 is 1.39 bits per heavy atom. The number of hydrogen-bond acceptors (Lipinski definition) is 5. The van der Waals surface area contributed by atoms with Crippen molar-refractivity contribution in [2.24, 2.45) is 0 Å². The molecule has 0 fully saturated rings. The summed E-state index contributed by atoms with van der Waals surface area (Å²) >= 11 is 0. The molecule has 0 heterocycles. The van der Waals surface area contributed by atoms with Gasteiger partial charge < -0.3 is 61.6 Å². The number of hydrogen-bond donors (Lipinski definition) is 3. The standard InChI is InChI=1S/C6H8O7.ClH.HI.K.2Na/c7-3(8)1-6(13,5(11)12)2-4(9)10;;;;;/h13H,1-2H2,(H,7,8)(H,9,10)(H,11,12);2*1H;;;/q;;;3*+1/p-3. The van der Waals surface area contributed by atoms with E-state index in [1.807, 2.05) is 0 Å². The van der Waals surface area contributed by atoms with Crippen LogP contribution in [0, 0.1) is 0 Å². The summed E-state index contributed by atoms with van der Waals surface area (Å²) in [6.45, 7) is 0. The third kappa shape index (κ3) is 17.1. The molecule has 12 heteroatoms. The van der Waals surface area contributed by atoms with E-state index in [4.69, 9.17) is 15.3 Å². The van der Waals surface area contributed by atoms with Gasteiger partial charge in [0, 0.05) is 12.4 Å². The first-order valence-electron chi connectivity index (χ1n) is 3.15. The van der Waals surface area contributed by atoms with E-state index < -0.39 is 36.4 Å². The number of carboxylic acids is 3. The second kappa shape index (κ2) is 18.1. The summed E-state index contributed by atoms with van der Waals surface area (Å²) in [4.78, 5) is 30.3. The average Bonchev–Trinajstić information content (AvgIpc) is 1.82. The Kier molecular flexibility index (Phi) is 37.5. The Morgan fingerprint density at radius 1 is 1.06 bits per heavy atom. The zero-order chi connectivity index (χ0) is 10.6. The average molecular weight is 439 g/mol. The minimum absolute atomic E-state index is 0. The van der Waals surface area contributed by atoms with Crippen molar-refractivity contribution in [1.29, 1.82) is 0 Å². The van der Waals surface area contributed by atoms with E-state index >= 15 is 0 Å². The molecule has 0 spiro atoms. The molecule has 0 saturated carbocycles. The van der Waals surface area contributed by atoms with Crippen molar-refractivity contribution >= 4 is 17.9 Å². The number of rotatable bonds is 5. The fourth-order valence-corrected chi connectivity index (χ4v) is 0.703. The van der Waals surface area contributed by atoms with Gasteiger partial charge in [-0.2, -0.15) is 0 Å². The number of aliphatic hydroxyl groups is 1. The predicted molar refractivity (Wildman–Crippen MR) is 34.5 cm³/mol. The summed E-state index contributed by atoms with van der Waals surface area (Å²) < 4.78 is 0. The molecule has 0 amide bonds. The van der Waals surface area contributed by atoms with E-state index in [0.29, 0.717) is 0 Å². The zero-order valence-corrected chi connectivity index (χ0v) is 20.2. The van der Waals surface area contributed by atoms with Crippen LogP contribution in [-0.4, -0.2) is 38.8 Å². The van der Waals surface area contributed by atoms with Crippen LogP contribution in [0.1, 0.15) is 12.8 Å². The van der Waals surface area contributed by atoms with Gasteiger partial charge in [0.1, 0.15) is 0 Å². The van der Waals surface area contributed by atoms with E-state index in [-0.39, 0.29) is 147 Å². The van der Waals surface area contributed by atoms with E-state index in [0.717, 1.165) is 0 Å². The minimum atomic E-state index is -2.80. The normalized spacial score (nSPS) is 10.5. The SMILES string of the molecule is O=C([O-])CC(O)(CC(=O)O)C(=O)O.[Cl-].[I-].[K+].[Na+].[Na+]. The van der Waals surface area contributed by atoms with Crippen molar-refractivity contribution in [2.75, 3.05) is 0 Å². The molecule has 0 aromatic rings. The second-order valence-electron chi connectivity index (χ2n) is 2.46. The number of carbonyl (C=O) groups is 3. The molecule has 0 aliphatic rings. The Bertz CT molecular complexity index is 252. The molecule has 18 heavy (non-hydrogen) atoms. The summed E-state index contributed by atoms with van der Waals surface area (Å²) in [5.74, 6) is -5.34. The number of halogens is 2. The molecule has 1 atom stereocenters. The molecule has 3 N–H and O–H groups in total. The molecule has 0 aliphatic carbocycles. The van der Waals surface area contributed by atoms with Crippen molar-refractivity contribution in [3.63, 3.8) is 0 Å². The molecule has 0 rings (SSSR count). The van der Waals surface area contributed by atoms with Gasteiger partial charge in [0.15, 0.2) is 5.60 Å². The third-order valence-corrected chi connectivity index (χ3v) is 1.28. The molecular weight excluding hydrogens is 431 g/mol. The maximum Gasteiger partial charge on any atom is 1.00 e. The van der Waals surface area contributed by atoms with Crippen LogP contribution >= 0.6 is 0 Å². The first kappa shape index (κ1) is 37.3.